The lowest BCUT2D eigenvalue weighted by Crippen LogP contribution is -2.50. The van der Waals surface area contributed by atoms with Crippen LogP contribution in [0.2, 0.25) is 0 Å². The maximum Gasteiger partial charge on any atom is 0.251 e. The topological polar surface area (TPSA) is 49.3 Å². The van der Waals surface area contributed by atoms with Crippen LogP contribution < -0.4 is 5.32 Å². The highest BCUT2D eigenvalue weighted by molar-refractivity contribution is 9.10. The molecule has 0 aliphatic rings. The number of rotatable bonds is 5. The van der Waals surface area contributed by atoms with Crippen molar-refractivity contribution in [2.24, 2.45) is 0 Å². The highest BCUT2D eigenvalue weighted by Gasteiger charge is 2.27. The number of amides is 1. The zero-order chi connectivity index (χ0) is 12.9. The highest BCUT2D eigenvalue weighted by atomic mass is 79.9. The van der Waals surface area contributed by atoms with E-state index in [-0.39, 0.29) is 12.5 Å². The second kappa shape index (κ2) is 6.17. The lowest BCUT2D eigenvalue weighted by Gasteiger charge is -2.30. The molecule has 0 saturated heterocycles. The van der Waals surface area contributed by atoms with E-state index in [1.807, 2.05) is 26.0 Å². The first-order valence-corrected chi connectivity index (χ1v) is 6.55. The van der Waals surface area contributed by atoms with Gasteiger partial charge in [-0.25, -0.2) is 0 Å². The first kappa shape index (κ1) is 14.2. The van der Waals surface area contributed by atoms with E-state index in [0.29, 0.717) is 18.4 Å². The molecule has 0 aromatic heterocycles. The number of nitrogens with one attached hydrogen (secondary N) is 1. The van der Waals surface area contributed by atoms with E-state index in [2.05, 4.69) is 21.2 Å². The first-order valence-electron chi connectivity index (χ1n) is 5.76. The quantitative estimate of drug-likeness (QED) is 0.878. The van der Waals surface area contributed by atoms with Crippen molar-refractivity contribution in [2.75, 3.05) is 6.61 Å². The summed E-state index contributed by atoms with van der Waals surface area (Å²) in [6.45, 7) is 3.88. The van der Waals surface area contributed by atoms with Crippen LogP contribution in [0, 0.1) is 0 Å². The van der Waals surface area contributed by atoms with E-state index in [9.17, 15) is 9.90 Å². The van der Waals surface area contributed by atoms with Crippen LogP contribution in [0.15, 0.2) is 28.7 Å². The van der Waals surface area contributed by atoms with Gasteiger partial charge >= 0.3 is 0 Å². The van der Waals surface area contributed by atoms with E-state index < -0.39 is 5.54 Å². The van der Waals surface area contributed by atoms with Gasteiger partial charge in [-0.15, -0.1) is 0 Å². The summed E-state index contributed by atoms with van der Waals surface area (Å²) in [6.07, 6.45) is 1.42. The van der Waals surface area contributed by atoms with Crippen molar-refractivity contribution in [1.29, 1.82) is 0 Å². The minimum absolute atomic E-state index is 0.0419. The molecule has 0 aliphatic carbocycles. The van der Waals surface area contributed by atoms with Gasteiger partial charge in [-0.3, -0.25) is 4.79 Å². The summed E-state index contributed by atoms with van der Waals surface area (Å²) >= 11 is 3.33. The molecule has 4 heteroatoms. The third-order valence-electron chi connectivity index (χ3n) is 3.12. The maximum atomic E-state index is 12.0. The molecule has 0 saturated carbocycles. The largest absolute Gasteiger partial charge is 0.394 e. The van der Waals surface area contributed by atoms with Crippen LogP contribution in [-0.2, 0) is 0 Å². The average Bonchev–Trinajstić information content (AvgIpc) is 2.36. The summed E-state index contributed by atoms with van der Waals surface area (Å²) in [5, 5.41) is 12.3. The fraction of sp³-hybridized carbons (Fsp3) is 0.462. The summed E-state index contributed by atoms with van der Waals surface area (Å²) in [6, 6.07) is 7.21. The van der Waals surface area contributed by atoms with Crippen molar-refractivity contribution in [2.45, 2.75) is 32.2 Å². The van der Waals surface area contributed by atoms with Crippen molar-refractivity contribution in [1.82, 2.24) is 5.32 Å². The highest BCUT2D eigenvalue weighted by Crippen LogP contribution is 2.17. The van der Waals surface area contributed by atoms with E-state index in [0.717, 1.165) is 4.47 Å². The molecule has 1 rings (SSSR count). The van der Waals surface area contributed by atoms with Gasteiger partial charge < -0.3 is 10.4 Å². The summed E-state index contributed by atoms with van der Waals surface area (Å²) < 4.78 is 0.868. The molecule has 1 amide bonds. The van der Waals surface area contributed by atoms with Crippen LogP contribution in [0.3, 0.4) is 0 Å². The van der Waals surface area contributed by atoms with Crippen molar-refractivity contribution in [3.8, 4) is 0 Å². The van der Waals surface area contributed by atoms with E-state index in [1.165, 1.54) is 0 Å². The zero-order valence-electron chi connectivity index (χ0n) is 10.2. The number of hydrogen-bond acceptors (Lipinski definition) is 2. The molecule has 0 bridgehead atoms. The number of halogens is 1. The van der Waals surface area contributed by atoms with Crippen LogP contribution in [-0.4, -0.2) is 23.2 Å². The lowest BCUT2D eigenvalue weighted by molar-refractivity contribution is 0.0818. The molecule has 0 aliphatic heterocycles. The molecule has 0 heterocycles. The van der Waals surface area contributed by atoms with Gasteiger partial charge in [0.15, 0.2) is 0 Å². The van der Waals surface area contributed by atoms with Gasteiger partial charge in [0.05, 0.1) is 12.1 Å². The summed E-state index contributed by atoms with van der Waals surface area (Å²) in [5.41, 5.74) is 0.0819. The minimum Gasteiger partial charge on any atom is -0.394 e. The maximum absolute atomic E-state index is 12.0. The Balaban J connectivity index is 2.84. The fourth-order valence-electron chi connectivity index (χ4n) is 1.63. The number of benzene rings is 1. The van der Waals surface area contributed by atoms with Gasteiger partial charge in [-0.2, -0.15) is 0 Å². The van der Waals surface area contributed by atoms with Crippen molar-refractivity contribution >= 4 is 21.8 Å². The molecule has 0 radical (unpaired) electrons. The monoisotopic (exact) mass is 299 g/mol. The van der Waals surface area contributed by atoms with Gasteiger partial charge in [-0.05, 0) is 31.0 Å². The molecular formula is C13H18BrNO2. The Kier molecular flexibility index (Phi) is 5.15. The third-order valence-corrected chi connectivity index (χ3v) is 3.61. The van der Waals surface area contributed by atoms with E-state index in [4.69, 9.17) is 0 Å². The lowest BCUT2D eigenvalue weighted by atomic mass is 9.93. The molecule has 94 valence electrons. The predicted octanol–water partition coefficient (Wildman–Crippen LogP) is 2.73. The molecule has 0 fully saturated rings. The van der Waals surface area contributed by atoms with Crippen LogP contribution in [0.4, 0.5) is 0 Å². The standard InChI is InChI=1S/C13H18BrNO2/c1-3-13(4-2,9-16)15-12(17)10-6-5-7-11(14)8-10/h5-8,16H,3-4,9H2,1-2H3,(H,15,17). The molecule has 1 aromatic carbocycles. The Morgan fingerprint density at radius 1 is 1.41 bits per heavy atom. The van der Waals surface area contributed by atoms with Crippen LogP contribution in [0.25, 0.3) is 0 Å². The third kappa shape index (κ3) is 3.54. The first-order chi connectivity index (χ1) is 8.06. The Hall–Kier alpha value is -0.870. The average molecular weight is 300 g/mol. The SMILES string of the molecule is CCC(CC)(CO)NC(=O)c1cccc(Br)c1. The molecule has 0 atom stereocenters. The van der Waals surface area contributed by atoms with Crippen molar-refractivity contribution in [3.05, 3.63) is 34.3 Å². The Bertz CT molecular complexity index is 380. The fourth-order valence-corrected chi connectivity index (χ4v) is 2.03. The predicted molar refractivity (Wildman–Crippen MR) is 72.0 cm³/mol. The van der Waals surface area contributed by atoms with Gasteiger partial charge in [0.2, 0.25) is 0 Å². The van der Waals surface area contributed by atoms with Crippen LogP contribution >= 0.6 is 15.9 Å². The molecule has 0 spiro atoms. The van der Waals surface area contributed by atoms with Gasteiger partial charge in [0.1, 0.15) is 0 Å². The van der Waals surface area contributed by atoms with Gasteiger partial charge in [0, 0.05) is 10.0 Å². The van der Waals surface area contributed by atoms with E-state index in [1.54, 1.807) is 12.1 Å². The number of carbonyl (C=O) groups is 1. The Morgan fingerprint density at radius 2 is 2.06 bits per heavy atom. The summed E-state index contributed by atoms with van der Waals surface area (Å²) in [4.78, 5) is 12.0. The van der Waals surface area contributed by atoms with Gasteiger partial charge in [0.25, 0.3) is 5.91 Å². The molecular weight excluding hydrogens is 282 g/mol. The zero-order valence-corrected chi connectivity index (χ0v) is 11.8. The molecule has 0 unspecified atom stereocenters. The minimum atomic E-state index is -0.514. The van der Waals surface area contributed by atoms with Crippen molar-refractivity contribution in [3.63, 3.8) is 0 Å². The van der Waals surface area contributed by atoms with Crippen LogP contribution in [0.5, 0.6) is 0 Å². The number of aliphatic hydroxyl groups excluding tert-OH is 1. The second-order valence-electron chi connectivity index (χ2n) is 4.11. The normalized spacial score (nSPS) is 11.3. The van der Waals surface area contributed by atoms with Gasteiger partial charge in [-0.1, -0.05) is 35.8 Å². The molecule has 17 heavy (non-hydrogen) atoms. The van der Waals surface area contributed by atoms with E-state index >= 15 is 0 Å². The van der Waals surface area contributed by atoms with Crippen LogP contribution in [0.1, 0.15) is 37.0 Å². The number of aliphatic hydroxyl groups is 1. The molecule has 1 aromatic rings. The molecule has 2 N–H and O–H groups in total. The number of hydrogen-bond donors (Lipinski definition) is 2. The number of carbonyl (C=O) groups excluding carboxylic acids is 1. The van der Waals surface area contributed by atoms with Crippen molar-refractivity contribution < 1.29 is 9.90 Å². The summed E-state index contributed by atoms with van der Waals surface area (Å²) in [5.74, 6) is -0.149. The second-order valence-corrected chi connectivity index (χ2v) is 5.03. The summed E-state index contributed by atoms with van der Waals surface area (Å²) in [7, 11) is 0. The Morgan fingerprint density at radius 3 is 2.53 bits per heavy atom. The Labute approximate surface area is 110 Å². The smallest absolute Gasteiger partial charge is 0.251 e. The molecule has 3 nitrogen and oxygen atoms in total.